The SMILES string of the molecule is O=C(N/N=C\c1cccc(OC(=O)c2ccccc2Cl)c1)c1cc(O)cc(O)c1. The first-order valence-corrected chi connectivity index (χ1v) is 8.73. The third-order valence-corrected chi connectivity index (χ3v) is 4.04. The molecule has 0 fully saturated rings. The second-order valence-corrected chi connectivity index (χ2v) is 6.29. The number of aromatic hydroxyl groups is 2. The van der Waals surface area contributed by atoms with Gasteiger partial charge in [0, 0.05) is 11.6 Å². The molecule has 0 aliphatic carbocycles. The molecule has 0 heterocycles. The van der Waals surface area contributed by atoms with Crippen LogP contribution >= 0.6 is 11.6 Å². The summed E-state index contributed by atoms with van der Waals surface area (Å²) in [6.07, 6.45) is 1.35. The number of hydrazone groups is 1. The topological polar surface area (TPSA) is 108 Å². The Morgan fingerprint density at radius 3 is 2.41 bits per heavy atom. The maximum atomic E-state index is 12.2. The minimum absolute atomic E-state index is 0.0436. The molecular weight excluding hydrogens is 396 g/mol. The lowest BCUT2D eigenvalue weighted by molar-refractivity contribution is 0.0734. The lowest BCUT2D eigenvalue weighted by Crippen LogP contribution is -2.17. The molecule has 0 aromatic heterocycles. The third kappa shape index (κ3) is 5.33. The number of amides is 1. The summed E-state index contributed by atoms with van der Waals surface area (Å²) in [6, 6.07) is 16.6. The first kappa shape index (κ1) is 19.9. The molecule has 0 saturated heterocycles. The van der Waals surface area contributed by atoms with E-state index in [1.165, 1.54) is 18.3 Å². The van der Waals surface area contributed by atoms with Gasteiger partial charge in [0.2, 0.25) is 0 Å². The Bertz CT molecular complexity index is 1080. The fraction of sp³-hybridized carbons (Fsp3) is 0. The van der Waals surface area contributed by atoms with Crippen LogP contribution in [-0.2, 0) is 0 Å². The maximum Gasteiger partial charge on any atom is 0.345 e. The normalized spacial score (nSPS) is 10.7. The first-order chi connectivity index (χ1) is 13.9. The van der Waals surface area contributed by atoms with Crippen molar-refractivity contribution in [3.8, 4) is 17.2 Å². The number of benzene rings is 3. The number of phenols is 2. The van der Waals surface area contributed by atoms with Crippen LogP contribution in [0.4, 0.5) is 0 Å². The number of hydrogen-bond acceptors (Lipinski definition) is 6. The van der Waals surface area contributed by atoms with Crippen molar-refractivity contribution in [2.75, 3.05) is 0 Å². The van der Waals surface area contributed by atoms with Gasteiger partial charge in [-0.1, -0.05) is 35.9 Å². The second kappa shape index (κ2) is 8.90. The Balaban J connectivity index is 1.65. The van der Waals surface area contributed by atoms with Gasteiger partial charge >= 0.3 is 5.97 Å². The van der Waals surface area contributed by atoms with E-state index in [9.17, 15) is 19.8 Å². The monoisotopic (exact) mass is 410 g/mol. The fourth-order valence-electron chi connectivity index (χ4n) is 2.40. The Hall–Kier alpha value is -3.84. The predicted molar refractivity (Wildman–Crippen MR) is 108 cm³/mol. The zero-order chi connectivity index (χ0) is 20.8. The number of rotatable bonds is 5. The summed E-state index contributed by atoms with van der Waals surface area (Å²) < 4.78 is 5.32. The number of phenolic OH excluding ortho intramolecular Hbond substituents is 2. The lowest BCUT2D eigenvalue weighted by atomic mass is 10.2. The van der Waals surface area contributed by atoms with Gasteiger partial charge in [0.1, 0.15) is 17.2 Å². The van der Waals surface area contributed by atoms with Gasteiger partial charge in [-0.25, -0.2) is 10.2 Å². The first-order valence-electron chi connectivity index (χ1n) is 8.35. The summed E-state index contributed by atoms with van der Waals surface area (Å²) >= 11 is 5.99. The summed E-state index contributed by atoms with van der Waals surface area (Å²) in [5, 5.41) is 22.9. The van der Waals surface area contributed by atoms with E-state index in [-0.39, 0.29) is 33.4 Å². The van der Waals surface area contributed by atoms with Crippen LogP contribution in [0.3, 0.4) is 0 Å². The van der Waals surface area contributed by atoms with Gasteiger partial charge in [0.05, 0.1) is 16.8 Å². The molecule has 3 aromatic carbocycles. The van der Waals surface area contributed by atoms with Gasteiger partial charge in [-0.3, -0.25) is 4.79 Å². The van der Waals surface area contributed by atoms with Gasteiger partial charge in [0.25, 0.3) is 5.91 Å². The Morgan fingerprint density at radius 2 is 1.69 bits per heavy atom. The summed E-state index contributed by atoms with van der Waals surface area (Å²) in [7, 11) is 0. The van der Waals surface area contributed by atoms with Gasteiger partial charge in [-0.05, 0) is 42.0 Å². The highest BCUT2D eigenvalue weighted by atomic mass is 35.5. The second-order valence-electron chi connectivity index (χ2n) is 5.88. The van der Waals surface area contributed by atoms with E-state index in [1.54, 1.807) is 48.5 Å². The zero-order valence-electron chi connectivity index (χ0n) is 14.9. The van der Waals surface area contributed by atoms with Crippen LogP contribution < -0.4 is 10.2 Å². The van der Waals surface area contributed by atoms with E-state index < -0.39 is 11.9 Å². The summed E-state index contributed by atoms with van der Waals surface area (Å²) in [5.74, 6) is -1.42. The van der Waals surface area contributed by atoms with Gasteiger partial charge in [-0.15, -0.1) is 0 Å². The smallest absolute Gasteiger partial charge is 0.345 e. The number of halogens is 1. The molecule has 8 heteroatoms. The Kier molecular flexibility index (Phi) is 6.11. The lowest BCUT2D eigenvalue weighted by Gasteiger charge is -2.06. The molecule has 0 spiro atoms. The quantitative estimate of drug-likeness (QED) is 0.257. The molecular formula is C21H15ClN2O5. The largest absolute Gasteiger partial charge is 0.508 e. The summed E-state index contributed by atoms with van der Waals surface area (Å²) in [5.41, 5.74) is 3.13. The molecule has 0 radical (unpaired) electrons. The van der Waals surface area contributed by atoms with E-state index in [0.717, 1.165) is 6.07 Å². The van der Waals surface area contributed by atoms with Crippen molar-refractivity contribution in [2.45, 2.75) is 0 Å². The molecule has 0 atom stereocenters. The van der Waals surface area contributed by atoms with Crippen molar-refractivity contribution >= 4 is 29.7 Å². The number of esters is 1. The van der Waals surface area contributed by atoms with Crippen LogP contribution in [0.5, 0.6) is 17.2 Å². The van der Waals surface area contributed by atoms with Gasteiger partial charge < -0.3 is 14.9 Å². The van der Waals surface area contributed by atoms with Crippen molar-refractivity contribution in [3.63, 3.8) is 0 Å². The van der Waals surface area contributed by atoms with Crippen molar-refractivity contribution in [3.05, 3.63) is 88.4 Å². The maximum absolute atomic E-state index is 12.2. The highest BCUT2D eigenvalue weighted by molar-refractivity contribution is 6.33. The number of ether oxygens (including phenoxy) is 1. The molecule has 29 heavy (non-hydrogen) atoms. The number of carbonyl (C=O) groups excluding carboxylic acids is 2. The average Bonchev–Trinajstić information content (AvgIpc) is 2.67. The molecule has 3 N–H and O–H groups in total. The van der Waals surface area contributed by atoms with E-state index in [2.05, 4.69) is 10.5 Å². The predicted octanol–water partition coefficient (Wildman–Crippen LogP) is 3.73. The molecule has 0 aliphatic heterocycles. The summed E-state index contributed by atoms with van der Waals surface area (Å²) in [4.78, 5) is 24.2. The zero-order valence-corrected chi connectivity index (χ0v) is 15.6. The van der Waals surface area contributed by atoms with Crippen molar-refractivity contribution in [2.24, 2.45) is 5.10 Å². The average molecular weight is 411 g/mol. The van der Waals surface area contributed by atoms with Gasteiger partial charge in [-0.2, -0.15) is 5.10 Å². The van der Waals surface area contributed by atoms with Crippen molar-refractivity contribution < 1.29 is 24.5 Å². The van der Waals surface area contributed by atoms with E-state index in [1.807, 2.05) is 0 Å². The molecule has 1 amide bonds. The molecule has 7 nitrogen and oxygen atoms in total. The minimum Gasteiger partial charge on any atom is -0.508 e. The molecule has 0 aliphatic rings. The van der Waals surface area contributed by atoms with Crippen LogP contribution in [-0.4, -0.2) is 28.3 Å². The van der Waals surface area contributed by atoms with E-state index >= 15 is 0 Å². The summed E-state index contributed by atoms with van der Waals surface area (Å²) in [6.45, 7) is 0. The molecule has 0 saturated carbocycles. The van der Waals surface area contributed by atoms with Crippen LogP contribution in [0.2, 0.25) is 5.02 Å². The third-order valence-electron chi connectivity index (χ3n) is 3.71. The molecule has 0 unspecified atom stereocenters. The minimum atomic E-state index is -0.617. The molecule has 3 aromatic rings. The van der Waals surface area contributed by atoms with Crippen molar-refractivity contribution in [1.29, 1.82) is 0 Å². The number of nitrogens with zero attached hydrogens (tertiary/aromatic N) is 1. The van der Waals surface area contributed by atoms with E-state index in [4.69, 9.17) is 16.3 Å². The van der Waals surface area contributed by atoms with Crippen LogP contribution in [0.15, 0.2) is 71.8 Å². The van der Waals surface area contributed by atoms with Crippen LogP contribution in [0, 0.1) is 0 Å². The standard InChI is InChI=1S/C21H15ClN2O5/c22-19-7-2-1-6-18(19)21(28)29-17-5-3-4-13(8-17)12-23-24-20(27)14-9-15(25)11-16(26)10-14/h1-12,25-26H,(H,24,27)/b23-12-. The highest BCUT2D eigenvalue weighted by Crippen LogP contribution is 2.21. The van der Waals surface area contributed by atoms with Gasteiger partial charge in [0.15, 0.2) is 0 Å². The Labute approximate surface area is 170 Å². The number of hydrogen-bond donors (Lipinski definition) is 3. The van der Waals surface area contributed by atoms with Crippen LogP contribution in [0.1, 0.15) is 26.3 Å². The fourth-order valence-corrected chi connectivity index (χ4v) is 2.62. The van der Waals surface area contributed by atoms with Crippen LogP contribution in [0.25, 0.3) is 0 Å². The van der Waals surface area contributed by atoms with E-state index in [0.29, 0.717) is 5.56 Å². The highest BCUT2D eigenvalue weighted by Gasteiger charge is 2.12. The van der Waals surface area contributed by atoms with Crippen molar-refractivity contribution in [1.82, 2.24) is 5.43 Å². The molecule has 3 rings (SSSR count). The number of carbonyl (C=O) groups is 2. The molecule has 146 valence electrons. The number of nitrogens with one attached hydrogen (secondary N) is 1. The molecule has 0 bridgehead atoms. The Morgan fingerprint density at radius 1 is 0.966 bits per heavy atom.